The summed E-state index contributed by atoms with van der Waals surface area (Å²) in [5, 5.41) is 122. The molecule has 6 aliphatic heterocycles. The molecule has 0 unspecified atom stereocenters. The number of fused-ring (bicyclic) bond motifs is 4. The number of Topliss-reactive ketones (excluding diaryl/α,β-unsaturated/α-hetero) is 1. The Bertz CT molecular complexity index is 2650. The summed E-state index contributed by atoms with van der Waals surface area (Å²) in [6, 6.07) is 0. The molecule has 1 spiro atoms. The quantitative estimate of drug-likeness (QED) is 0.0384. The van der Waals surface area contributed by atoms with Gasteiger partial charge in [0.1, 0.15) is 115 Å². The fourth-order valence-electron chi connectivity index (χ4n) is 17.4. The molecule has 31 atom stereocenters. The van der Waals surface area contributed by atoms with Gasteiger partial charge in [-0.3, -0.25) is 14.1 Å². The predicted octanol–water partition coefficient (Wildman–Crippen LogP) is -1.84. The topological polar surface area (TPSA) is 431 Å². The van der Waals surface area contributed by atoms with Gasteiger partial charge >= 0.3 is 16.4 Å². The lowest BCUT2D eigenvalue weighted by atomic mass is 9.41. The first-order chi connectivity index (χ1) is 41.7. The molecule has 29 nitrogen and oxygen atoms in total. The number of allylic oxidation sites excluding steroid dienone is 2. The zero-order valence-electron chi connectivity index (χ0n) is 51.7. The smallest absolute Gasteiger partial charge is 0.397 e. The molecular formula is C59H94O29S. The molecule has 10 aliphatic rings. The van der Waals surface area contributed by atoms with E-state index in [1.165, 1.54) is 14.0 Å². The molecule has 9 fully saturated rings. The number of carbonyl (C=O) groups excluding carboxylic acids is 2. The first-order valence-corrected chi connectivity index (χ1v) is 32.5. The van der Waals surface area contributed by atoms with Crippen LogP contribution in [-0.2, 0) is 81.0 Å². The van der Waals surface area contributed by atoms with Gasteiger partial charge in [-0.15, -0.1) is 0 Å². The molecule has 89 heavy (non-hydrogen) atoms. The molecule has 0 amide bonds. The Morgan fingerprint density at radius 1 is 0.663 bits per heavy atom. The Kier molecular flexibility index (Phi) is 20.5. The van der Waals surface area contributed by atoms with Gasteiger partial charge in [-0.1, -0.05) is 59.6 Å². The molecule has 30 heteroatoms. The van der Waals surface area contributed by atoms with Crippen molar-refractivity contribution in [2.45, 2.75) is 266 Å². The monoisotopic (exact) mass is 1300 g/mol. The highest BCUT2D eigenvalue weighted by atomic mass is 32.3. The van der Waals surface area contributed by atoms with E-state index < -0.39 is 212 Å². The third kappa shape index (κ3) is 12.3. The average Bonchev–Trinajstić information content (AvgIpc) is 1.53. The number of cyclic esters (lactones) is 1. The van der Waals surface area contributed by atoms with E-state index in [4.69, 9.17) is 61.0 Å². The Morgan fingerprint density at radius 2 is 1.26 bits per heavy atom. The molecule has 4 aliphatic carbocycles. The lowest BCUT2D eigenvalue weighted by molar-refractivity contribution is -0.403. The van der Waals surface area contributed by atoms with Crippen LogP contribution in [0.15, 0.2) is 11.6 Å². The summed E-state index contributed by atoms with van der Waals surface area (Å²) in [7, 11) is -4.10. The van der Waals surface area contributed by atoms with Crippen molar-refractivity contribution in [3.63, 3.8) is 0 Å². The summed E-state index contributed by atoms with van der Waals surface area (Å²) in [6.45, 7) is 13.1. The summed E-state index contributed by atoms with van der Waals surface area (Å²) in [5.74, 6) is -0.434. The molecule has 12 N–H and O–H groups in total. The maximum Gasteiger partial charge on any atom is 0.397 e. The van der Waals surface area contributed by atoms with Gasteiger partial charge in [-0.25, -0.2) is 4.18 Å². The van der Waals surface area contributed by atoms with Gasteiger partial charge in [-0.05, 0) is 87.4 Å². The van der Waals surface area contributed by atoms with E-state index in [0.717, 1.165) is 18.4 Å². The van der Waals surface area contributed by atoms with Gasteiger partial charge < -0.3 is 113 Å². The lowest BCUT2D eigenvalue weighted by Gasteiger charge is -2.63. The van der Waals surface area contributed by atoms with E-state index >= 15 is 0 Å². The molecule has 10 rings (SSSR count). The summed E-state index contributed by atoms with van der Waals surface area (Å²) < 4.78 is 112. The number of rotatable bonds is 19. The SMILES string of the molecule is CO[C@@H]1[C@@H](O)[C@H](O[C@@H]2[C@@H](O)[C@H](O[C@H]3[C@H](O)[C@@H](O[C@@H]4OC[C@@H](O)[C@H](O)[C@H]4O)[C@H](O[C@H]4[C@H](O[C@H]5CC[C@@]6(C)[C@H](CC=C7[C@@H]6CC[C@]68C(=O)O[C@@](C)(CCCC(C)C)[C@H]6C(=O)C[C@@]78C)C5(C)C)OC[C@@H](OS(=O)(=O)O)[C@@H]4O)O[C@@H]3C)O[C@H](CO)[C@H]2O)O[C@H](CO)[C@H]1O. The van der Waals surface area contributed by atoms with Crippen molar-refractivity contribution in [2.24, 2.45) is 45.3 Å². The number of ether oxygens (including phenoxy) is 12. The van der Waals surface area contributed by atoms with Gasteiger partial charge in [0, 0.05) is 18.9 Å². The molecule has 6 heterocycles. The maximum absolute atomic E-state index is 14.5. The van der Waals surface area contributed by atoms with Crippen LogP contribution in [0.2, 0.25) is 0 Å². The highest BCUT2D eigenvalue weighted by Gasteiger charge is 2.79. The molecule has 0 aromatic rings. The van der Waals surface area contributed by atoms with Gasteiger partial charge in [-0.2, -0.15) is 8.42 Å². The number of ketones is 1. The first kappa shape index (κ1) is 69.7. The molecule has 0 aromatic carbocycles. The normalized spacial score (nSPS) is 50.8. The highest BCUT2D eigenvalue weighted by molar-refractivity contribution is 7.80. The Morgan fingerprint density at radius 3 is 1.89 bits per heavy atom. The molecule has 0 bridgehead atoms. The van der Waals surface area contributed by atoms with Crippen molar-refractivity contribution < 1.29 is 140 Å². The van der Waals surface area contributed by atoms with Gasteiger partial charge in [0.15, 0.2) is 31.5 Å². The number of hydrogen-bond acceptors (Lipinski definition) is 28. The number of methoxy groups -OCH3 is 1. The van der Waals surface area contributed by atoms with E-state index in [-0.39, 0.29) is 35.4 Å². The highest BCUT2D eigenvalue weighted by Crippen LogP contribution is 2.75. The number of hydrogen-bond donors (Lipinski definition) is 12. The molecular weight excluding hydrogens is 1200 g/mol. The van der Waals surface area contributed by atoms with Crippen LogP contribution < -0.4 is 0 Å². The van der Waals surface area contributed by atoms with E-state index in [1.54, 1.807) is 0 Å². The van der Waals surface area contributed by atoms with Crippen molar-refractivity contribution in [3.05, 3.63) is 11.6 Å². The maximum atomic E-state index is 14.5. The van der Waals surface area contributed by atoms with Crippen LogP contribution in [0, 0.1) is 45.3 Å². The van der Waals surface area contributed by atoms with Crippen LogP contribution >= 0.6 is 0 Å². The fourth-order valence-corrected chi connectivity index (χ4v) is 17.8. The Balaban J connectivity index is 0.907. The van der Waals surface area contributed by atoms with Crippen molar-refractivity contribution in [1.82, 2.24) is 0 Å². The van der Waals surface area contributed by atoms with Crippen LogP contribution in [0.1, 0.15) is 113 Å². The third-order valence-corrected chi connectivity index (χ3v) is 22.5. The minimum absolute atomic E-state index is 0.0137. The average molecular weight is 1300 g/mol. The minimum atomic E-state index is -5.27. The third-order valence-electron chi connectivity index (χ3n) is 22.0. The minimum Gasteiger partial charge on any atom is -0.458 e. The molecule has 3 saturated carbocycles. The summed E-state index contributed by atoms with van der Waals surface area (Å²) in [5.41, 5.74) is -2.64. The number of esters is 1. The van der Waals surface area contributed by atoms with Gasteiger partial charge in [0.2, 0.25) is 0 Å². The Labute approximate surface area is 517 Å². The first-order valence-electron chi connectivity index (χ1n) is 31.2. The fraction of sp³-hybridized carbons (Fsp3) is 0.932. The van der Waals surface area contributed by atoms with E-state index in [2.05, 4.69) is 47.6 Å². The van der Waals surface area contributed by atoms with E-state index in [0.29, 0.717) is 44.4 Å². The molecule has 0 aromatic heterocycles. The number of carbonyl (C=O) groups is 2. The van der Waals surface area contributed by atoms with E-state index in [9.17, 15) is 78.7 Å². The van der Waals surface area contributed by atoms with Gasteiger partial charge in [0.05, 0.1) is 50.0 Å². The van der Waals surface area contributed by atoms with Gasteiger partial charge in [0.25, 0.3) is 0 Å². The van der Waals surface area contributed by atoms with E-state index in [1.807, 2.05) is 6.92 Å². The van der Waals surface area contributed by atoms with Crippen LogP contribution in [0.5, 0.6) is 0 Å². The largest absolute Gasteiger partial charge is 0.458 e. The second-order valence-corrected chi connectivity index (χ2v) is 29.2. The van der Waals surface area contributed by atoms with Crippen molar-refractivity contribution in [2.75, 3.05) is 33.5 Å². The second kappa shape index (κ2) is 26.1. The van der Waals surface area contributed by atoms with Crippen molar-refractivity contribution >= 4 is 22.2 Å². The predicted molar refractivity (Wildman–Crippen MR) is 298 cm³/mol. The zero-order valence-corrected chi connectivity index (χ0v) is 52.5. The van der Waals surface area contributed by atoms with Crippen LogP contribution in [0.4, 0.5) is 0 Å². The number of aliphatic hydroxyl groups excluding tert-OH is 11. The number of aliphatic hydroxyl groups is 11. The summed E-state index contributed by atoms with van der Waals surface area (Å²) in [6.07, 6.45) is -33.9. The molecule has 6 saturated heterocycles. The van der Waals surface area contributed by atoms with Crippen molar-refractivity contribution in [1.29, 1.82) is 0 Å². The van der Waals surface area contributed by atoms with Crippen LogP contribution in [0.3, 0.4) is 0 Å². The molecule has 510 valence electrons. The molecule has 0 radical (unpaired) electrons. The van der Waals surface area contributed by atoms with Crippen LogP contribution in [0.25, 0.3) is 0 Å². The summed E-state index contributed by atoms with van der Waals surface area (Å²) in [4.78, 5) is 28.9. The standard InChI is InChI=1S/C59H94O29S/c1-24(2)11-10-16-58(8)48-28(62)19-57(7)27-12-13-33-55(4,5)34(15-17-56(33,6)26(27)14-18-59(48,57)54(72)87-58)82-52-46(38(67)32(23-78-52)88-89(73,74)75)86-53-47(85-49-39(68)35(64)29(63)22-77-49)40(69)43(25(3)79-53)83-51-42(71)45(37(66)31(21-61)81-51)84-50-41(70)44(76-9)36(65)30(20-60)80-50/h12,24-26,29-53,60-61,63-71H,10-11,13-23H2,1-9H3,(H,73,74,75)/t25-,26+,29-,30-,31-,32-,33-,34+,35+,36-,37-,38+,39-,40+,41-,42-,43-,44+,45+,46-,47-,48-,49+,50+,51+,52+,53+,56-,57+,58+,59-/m1/s1. The lowest BCUT2D eigenvalue weighted by Crippen LogP contribution is -2.68. The zero-order chi connectivity index (χ0) is 65.0. The van der Waals surface area contributed by atoms with Crippen molar-refractivity contribution in [3.8, 4) is 0 Å². The Hall–Kier alpha value is -2.13. The van der Waals surface area contributed by atoms with Crippen LogP contribution in [-0.4, -0.2) is 267 Å². The summed E-state index contributed by atoms with van der Waals surface area (Å²) >= 11 is 0. The second-order valence-electron chi connectivity index (χ2n) is 28.1.